The van der Waals surface area contributed by atoms with Crippen molar-refractivity contribution in [2.75, 3.05) is 5.73 Å². The highest BCUT2D eigenvalue weighted by atomic mass is 35.5. The second-order valence-corrected chi connectivity index (χ2v) is 7.96. The molecule has 0 radical (unpaired) electrons. The fraction of sp³-hybridized carbons (Fsp3) is 0.0400. The first-order chi connectivity index (χ1) is 16.5. The summed E-state index contributed by atoms with van der Waals surface area (Å²) in [6.07, 6.45) is 3.33. The van der Waals surface area contributed by atoms with Gasteiger partial charge in [-0.15, -0.1) is 0 Å². The average Bonchev–Trinajstić information content (AvgIpc) is 3.22. The number of imidazole rings is 1. The summed E-state index contributed by atoms with van der Waals surface area (Å²) in [4.78, 5) is 25.8. The summed E-state index contributed by atoms with van der Waals surface area (Å²) < 4.78 is 15.9. The minimum atomic E-state index is -0.665. The molecule has 34 heavy (non-hydrogen) atoms. The van der Waals surface area contributed by atoms with E-state index in [9.17, 15) is 9.18 Å². The number of anilines is 1. The SMILES string of the molecule is Nc1ncccc1-c1nc2cccnc2n1-c1ccc(CNC(=O)c2ccc(Cl)cc2F)cc1. The van der Waals surface area contributed by atoms with E-state index in [4.69, 9.17) is 22.3 Å². The van der Waals surface area contributed by atoms with Crippen LogP contribution in [0.15, 0.2) is 79.1 Å². The normalized spacial score (nSPS) is 11.0. The van der Waals surface area contributed by atoms with Gasteiger partial charge in [0.2, 0.25) is 0 Å². The molecule has 0 spiro atoms. The van der Waals surface area contributed by atoms with Gasteiger partial charge in [-0.05, 0) is 60.2 Å². The van der Waals surface area contributed by atoms with Crippen LogP contribution in [0.4, 0.5) is 10.2 Å². The molecule has 168 valence electrons. The van der Waals surface area contributed by atoms with E-state index in [1.165, 1.54) is 12.1 Å². The van der Waals surface area contributed by atoms with Gasteiger partial charge in [0.1, 0.15) is 17.2 Å². The number of carbonyl (C=O) groups is 1. The lowest BCUT2D eigenvalue weighted by atomic mass is 10.1. The number of carbonyl (C=O) groups excluding carboxylic acids is 1. The Morgan fingerprint density at radius 2 is 1.79 bits per heavy atom. The third-order valence-electron chi connectivity index (χ3n) is 5.32. The molecular weight excluding hydrogens is 455 g/mol. The molecule has 0 fully saturated rings. The van der Waals surface area contributed by atoms with Crippen molar-refractivity contribution in [1.82, 2.24) is 24.8 Å². The molecule has 0 saturated heterocycles. The van der Waals surface area contributed by atoms with Crippen molar-refractivity contribution in [3.05, 3.63) is 101 Å². The number of fused-ring (bicyclic) bond motifs is 1. The van der Waals surface area contributed by atoms with Crippen LogP contribution in [0, 0.1) is 5.82 Å². The number of amides is 1. The lowest BCUT2D eigenvalue weighted by Crippen LogP contribution is -2.23. The second kappa shape index (κ2) is 8.92. The topological polar surface area (TPSA) is 98.7 Å². The highest BCUT2D eigenvalue weighted by Gasteiger charge is 2.17. The van der Waals surface area contributed by atoms with E-state index in [0.29, 0.717) is 22.9 Å². The lowest BCUT2D eigenvalue weighted by Gasteiger charge is -2.11. The van der Waals surface area contributed by atoms with Crippen LogP contribution in [0.5, 0.6) is 0 Å². The predicted molar refractivity (Wildman–Crippen MR) is 129 cm³/mol. The fourth-order valence-electron chi connectivity index (χ4n) is 3.66. The summed E-state index contributed by atoms with van der Waals surface area (Å²) in [6, 6.07) is 18.9. The first-order valence-electron chi connectivity index (χ1n) is 10.4. The Hall–Kier alpha value is -4.30. The molecule has 9 heteroatoms. The number of nitrogens with one attached hydrogen (secondary N) is 1. The predicted octanol–water partition coefficient (Wildman–Crippen LogP) is 4.79. The first kappa shape index (κ1) is 21.5. The summed E-state index contributed by atoms with van der Waals surface area (Å²) in [6.45, 7) is 0.229. The quantitative estimate of drug-likeness (QED) is 0.383. The first-order valence-corrected chi connectivity index (χ1v) is 10.8. The molecule has 3 heterocycles. The highest BCUT2D eigenvalue weighted by Crippen LogP contribution is 2.30. The fourth-order valence-corrected chi connectivity index (χ4v) is 3.82. The highest BCUT2D eigenvalue weighted by molar-refractivity contribution is 6.30. The number of nitrogens with two attached hydrogens (primary N) is 1. The van der Waals surface area contributed by atoms with E-state index < -0.39 is 11.7 Å². The van der Waals surface area contributed by atoms with Gasteiger partial charge in [0.15, 0.2) is 11.5 Å². The maximum atomic E-state index is 14.0. The van der Waals surface area contributed by atoms with Crippen LogP contribution in [0.25, 0.3) is 28.2 Å². The van der Waals surface area contributed by atoms with Crippen molar-refractivity contribution in [3.8, 4) is 17.1 Å². The van der Waals surface area contributed by atoms with E-state index in [0.717, 1.165) is 22.8 Å². The lowest BCUT2D eigenvalue weighted by molar-refractivity contribution is 0.0947. The van der Waals surface area contributed by atoms with Gasteiger partial charge in [0, 0.05) is 29.6 Å². The third-order valence-corrected chi connectivity index (χ3v) is 5.55. The van der Waals surface area contributed by atoms with Gasteiger partial charge >= 0.3 is 0 Å². The van der Waals surface area contributed by atoms with E-state index >= 15 is 0 Å². The summed E-state index contributed by atoms with van der Waals surface area (Å²) in [5.74, 6) is -0.189. The maximum absolute atomic E-state index is 14.0. The van der Waals surface area contributed by atoms with Crippen molar-refractivity contribution >= 4 is 34.5 Å². The number of nitrogens with zero attached hydrogens (tertiary/aromatic N) is 4. The number of halogens is 2. The van der Waals surface area contributed by atoms with Crippen molar-refractivity contribution in [2.24, 2.45) is 0 Å². The van der Waals surface area contributed by atoms with Gasteiger partial charge in [0.25, 0.3) is 5.91 Å². The molecule has 0 aliphatic rings. The molecule has 3 N–H and O–H groups in total. The van der Waals surface area contributed by atoms with Crippen LogP contribution < -0.4 is 11.1 Å². The summed E-state index contributed by atoms with van der Waals surface area (Å²) in [7, 11) is 0. The molecule has 0 bridgehead atoms. The number of rotatable bonds is 5. The molecule has 0 saturated carbocycles. The standard InChI is InChI=1S/C25H18ClFN6O/c26-16-7-10-18(20(27)13-16)25(34)31-14-15-5-8-17(9-6-15)33-23(19-3-1-11-29-22(19)28)32-21-4-2-12-30-24(21)33/h1-13H,14H2,(H2,28,29)(H,31,34). The van der Waals surface area contributed by atoms with Crippen LogP contribution >= 0.6 is 11.6 Å². The zero-order chi connectivity index (χ0) is 23.7. The molecular formula is C25H18ClFN6O. The van der Waals surface area contributed by atoms with Crippen LogP contribution in [0.1, 0.15) is 15.9 Å². The molecule has 0 aliphatic carbocycles. The van der Waals surface area contributed by atoms with Crippen molar-refractivity contribution < 1.29 is 9.18 Å². The van der Waals surface area contributed by atoms with Gasteiger partial charge in [-0.2, -0.15) is 0 Å². The van der Waals surface area contributed by atoms with Crippen LogP contribution in [-0.4, -0.2) is 25.4 Å². The Kier molecular flexibility index (Phi) is 5.65. The summed E-state index contributed by atoms with van der Waals surface area (Å²) in [5, 5.41) is 2.96. The third kappa shape index (κ3) is 4.06. The van der Waals surface area contributed by atoms with Gasteiger partial charge in [-0.3, -0.25) is 9.36 Å². The van der Waals surface area contributed by atoms with E-state index in [1.807, 2.05) is 47.0 Å². The Labute approximate surface area is 199 Å². The Morgan fingerprint density at radius 1 is 1.03 bits per heavy atom. The summed E-state index contributed by atoms with van der Waals surface area (Å²) >= 11 is 5.75. The van der Waals surface area contributed by atoms with Gasteiger partial charge < -0.3 is 11.1 Å². The number of benzene rings is 2. The van der Waals surface area contributed by atoms with Crippen LogP contribution in [0.3, 0.4) is 0 Å². The van der Waals surface area contributed by atoms with E-state index in [2.05, 4.69) is 15.3 Å². The van der Waals surface area contributed by atoms with E-state index in [1.54, 1.807) is 18.5 Å². The van der Waals surface area contributed by atoms with Gasteiger partial charge in [-0.1, -0.05) is 23.7 Å². The van der Waals surface area contributed by atoms with Crippen molar-refractivity contribution in [1.29, 1.82) is 0 Å². The maximum Gasteiger partial charge on any atom is 0.254 e. The number of nitrogen functional groups attached to an aromatic ring is 1. The Bertz CT molecular complexity index is 1520. The zero-order valence-electron chi connectivity index (χ0n) is 17.7. The molecule has 5 aromatic rings. The van der Waals surface area contributed by atoms with Crippen LogP contribution in [0.2, 0.25) is 5.02 Å². The second-order valence-electron chi connectivity index (χ2n) is 7.53. The monoisotopic (exact) mass is 472 g/mol. The Balaban J connectivity index is 1.44. The minimum Gasteiger partial charge on any atom is -0.383 e. The largest absolute Gasteiger partial charge is 0.383 e. The smallest absolute Gasteiger partial charge is 0.254 e. The summed E-state index contributed by atoms with van der Waals surface area (Å²) in [5.41, 5.74) is 9.82. The molecule has 2 aromatic carbocycles. The number of pyridine rings is 2. The van der Waals surface area contributed by atoms with Crippen molar-refractivity contribution in [3.63, 3.8) is 0 Å². The molecule has 5 rings (SSSR count). The molecule has 0 unspecified atom stereocenters. The number of hydrogen-bond acceptors (Lipinski definition) is 5. The number of hydrogen-bond donors (Lipinski definition) is 2. The average molecular weight is 473 g/mol. The molecule has 0 atom stereocenters. The Morgan fingerprint density at radius 3 is 2.56 bits per heavy atom. The van der Waals surface area contributed by atoms with E-state index in [-0.39, 0.29) is 17.1 Å². The minimum absolute atomic E-state index is 0.0596. The number of aromatic nitrogens is 4. The molecule has 1 amide bonds. The zero-order valence-corrected chi connectivity index (χ0v) is 18.5. The van der Waals surface area contributed by atoms with Crippen molar-refractivity contribution in [2.45, 2.75) is 6.54 Å². The van der Waals surface area contributed by atoms with Gasteiger partial charge in [0.05, 0.1) is 11.1 Å². The van der Waals surface area contributed by atoms with Crippen LogP contribution in [-0.2, 0) is 6.54 Å². The molecule has 3 aromatic heterocycles. The van der Waals surface area contributed by atoms with Gasteiger partial charge in [-0.25, -0.2) is 19.3 Å². The molecule has 0 aliphatic heterocycles. The molecule has 7 nitrogen and oxygen atoms in total.